The van der Waals surface area contributed by atoms with Crippen LogP contribution in [0.3, 0.4) is 0 Å². The van der Waals surface area contributed by atoms with Gasteiger partial charge < -0.3 is 0 Å². The van der Waals surface area contributed by atoms with Crippen molar-refractivity contribution in [2.75, 3.05) is 0 Å². The maximum Gasteiger partial charge on any atom is 0.0705 e. The van der Waals surface area contributed by atoms with Gasteiger partial charge in [-0.15, -0.1) is 11.3 Å². The van der Waals surface area contributed by atoms with Gasteiger partial charge in [0.15, 0.2) is 0 Å². The Hall–Kier alpha value is -4.79. The number of hydrogen-bond donors (Lipinski definition) is 0. The molecule has 2 heteroatoms. The van der Waals surface area contributed by atoms with E-state index in [9.17, 15) is 0 Å². The number of benzene rings is 6. The Balaban J connectivity index is 1.16. The average molecular weight is 526 g/mol. The van der Waals surface area contributed by atoms with E-state index >= 15 is 0 Å². The minimum Gasteiger partial charge on any atom is -0.256 e. The highest BCUT2D eigenvalue weighted by molar-refractivity contribution is 7.25. The van der Waals surface area contributed by atoms with Crippen LogP contribution in [-0.4, -0.2) is 4.98 Å². The summed E-state index contributed by atoms with van der Waals surface area (Å²) in [7, 11) is 0. The molecule has 0 atom stereocenters. The van der Waals surface area contributed by atoms with Gasteiger partial charge in [-0.25, -0.2) is 0 Å². The number of thiophene rings is 1. The standard InChI is InChI=1S/C38H23NS/c1-2-10-27-25(8-1)26-9-3-4-12-30(26)38-31-14-7-13-28(32(31)21-34(27)38)35-18-16-24(22-39-35)23-17-19-37-33(20-23)29-11-5-6-15-36(29)40-37/h1-20,22H,21H2. The topological polar surface area (TPSA) is 12.9 Å². The Bertz CT molecular complexity index is 2290. The van der Waals surface area contributed by atoms with Crippen LogP contribution in [0.5, 0.6) is 0 Å². The van der Waals surface area contributed by atoms with Crippen LogP contribution < -0.4 is 0 Å². The van der Waals surface area contributed by atoms with Gasteiger partial charge in [-0.05, 0) is 80.0 Å². The minimum atomic E-state index is 0.928. The van der Waals surface area contributed by atoms with Crippen molar-refractivity contribution in [1.82, 2.24) is 4.98 Å². The molecule has 0 amide bonds. The van der Waals surface area contributed by atoms with Crippen molar-refractivity contribution in [2.45, 2.75) is 6.42 Å². The lowest BCUT2D eigenvalue weighted by atomic mass is 9.91. The molecule has 0 saturated carbocycles. The highest BCUT2D eigenvalue weighted by Gasteiger charge is 2.26. The number of aromatic nitrogens is 1. The van der Waals surface area contributed by atoms with E-state index in [1.165, 1.54) is 75.1 Å². The second kappa shape index (κ2) is 8.35. The van der Waals surface area contributed by atoms with Crippen LogP contribution in [0, 0.1) is 0 Å². The Kier molecular flexibility index (Phi) is 4.61. The predicted octanol–water partition coefficient (Wildman–Crippen LogP) is 10.7. The molecule has 2 heterocycles. The van der Waals surface area contributed by atoms with Crippen LogP contribution in [0.1, 0.15) is 11.1 Å². The fraction of sp³-hybridized carbons (Fsp3) is 0.0263. The van der Waals surface area contributed by atoms with E-state index < -0.39 is 0 Å². The molecule has 0 radical (unpaired) electrons. The fourth-order valence-electron chi connectivity index (χ4n) is 6.76. The Morgan fingerprint density at radius 1 is 0.475 bits per heavy atom. The summed E-state index contributed by atoms with van der Waals surface area (Å²) in [4.78, 5) is 5.02. The molecule has 1 aliphatic carbocycles. The van der Waals surface area contributed by atoms with Crippen molar-refractivity contribution in [1.29, 1.82) is 0 Å². The highest BCUT2D eigenvalue weighted by Crippen LogP contribution is 2.48. The van der Waals surface area contributed by atoms with Crippen LogP contribution in [-0.2, 0) is 6.42 Å². The van der Waals surface area contributed by atoms with Gasteiger partial charge in [0.25, 0.3) is 0 Å². The zero-order chi connectivity index (χ0) is 26.2. The van der Waals surface area contributed by atoms with Gasteiger partial charge in [0.2, 0.25) is 0 Å². The largest absolute Gasteiger partial charge is 0.256 e. The molecule has 0 bridgehead atoms. The summed E-state index contributed by atoms with van der Waals surface area (Å²) in [6, 6.07) is 44.3. The van der Waals surface area contributed by atoms with Crippen molar-refractivity contribution in [2.24, 2.45) is 0 Å². The number of rotatable bonds is 2. The molecule has 0 saturated heterocycles. The monoisotopic (exact) mass is 525 g/mol. The van der Waals surface area contributed by atoms with Crippen molar-refractivity contribution in [3.05, 3.63) is 139 Å². The summed E-state index contributed by atoms with van der Waals surface area (Å²) in [5, 5.41) is 8.01. The summed E-state index contributed by atoms with van der Waals surface area (Å²) in [5.41, 5.74) is 10.2. The van der Waals surface area contributed by atoms with E-state index in [0.717, 1.165) is 17.7 Å². The van der Waals surface area contributed by atoms with Crippen molar-refractivity contribution in [3.8, 4) is 33.5 Å². The molecule has 0 spiro atoms. The van der Waals surface area contributed by atoms with Crippen LogP contribution in [0.15, 0.2) is 128 Å². The van der Waals surface area contributed by atoms with Gasteiger partial charge in [-0.1, -0.05) is 97.1 Å². The van der Waals surface area contributed by atoms with Crippen LogP contribution >= 0.6 is 11.3 Å². The first-order valence-corrected chi connectivity index (χ1v) is 14.6. The summed E-state index contributed by atoms with van der Waals surface area (Å²) < 4.78 is 2.66. The lowest BCUT2D eigenvalue weighted by Gasteiger charge is -2.12. The molecule has 0 N–H and O–H groups in total. The highest BCUT2D eigenvalue weighted by atomic mass is 32.1. The second-order valence-electron chi connectivity index (χ2n) is 10.7. The van der Waals surface area contributed by atoms with E-state index in [1.54, 1.807) is 0 Å². The average Bonchev–Trinajstić information content (AvgIpc) is 3.60. The van der Waals surface area contributed by atoms with Crippen LogP contribution in [0.2, 0.25) is 0 Å². The Labute approximate surface area is 236 Å². The van der Waals surface area contributed by atoms with E-state index in [1.807, 2.05) is 17.5 Å². The molecule has 186 valence electrons. The van der Waals surface area contributed by atoms with E-state index in [-0.39, 0.29) is 0 Å². The molecule has 6 aromatic carbocycles. The molecule has 1 nitrogen and oxygen atoms in total. The van der Waals surface area contributed by atoms with Crippen molar-refractivity contribution in [3.63, 3.8) is 0 Å². The molecule has 1 aliphatic rings. The Morgan fingerprint density at radius 2 is 1.15 bits per heavy atom. The number of fused-ring (bicyclic) bond motifs is 11. The molecule has 0 fully saturated rings. The first-order valence-electron chi connectivity index (χ1n) is 13.8. The molecule has 2 aromatic heterocycles. The zero-order valence-electron chi connectivity index (χ0n) is 21.7. The minimum absolute atomic E-state index is 0.928. The van der Waals surface area contributed by atoms with Gasteiger partial charge in [0.05, 0.1) is 5.69 Å². The molecule has 0 unspecified atom stereocenters. The maximum atomic E-state index is 5.02. The number of pyridine rings is 1. The fourth-order valence-corrected chi connectivity index (χ4v) is 7.85. The quantitative estimate of drug-likeness (QED) is 0.205. The number of nitrogens with zero attached hydrogens (tertiary/aromatic N) is 1. The van der Waals surface area contributed by atoms with Gasteiger partial charge in [0.1, 0.15) is 0 Å². The first-order chi connectivity index (χ1) is 19.8. The SMILES string of the molecule is c1cc(-c2ccc(-c3ccc4sc5ccccc5c4c3)cn2)c2c(c1)-c1c(c3ccccc3c3ccccc13)C2. The van der Waals surface area contributed by atoms with Crippen molar-refractivity contribution >= 4 is 53.1 Å². The Morgan fingerprint density at radius 3 is 1.98 bits per heavy atom. The van der Waals surface area contributed by atoms with Gasteiger partial charge in [-0.2, -0.15) is 0 Å². The molecule has 8 aromatic rings. The molecule has 0 aliphatic heterocycles. The van der Waals surface area contributed by atoms with E-state index in [2.05, 4.69) is 121 Å². The second-order valence-corrected chi connectivity index (χ2v) is 11.8. The third-order valence-electron chi connectivity index (χ3n) is 8.59. The molecule has 9 rings (SSSR count). The van der Waals surface area contributed by atoms with E-state index in [4.69, 9.17) is 4.98 Å². The summed E-state index contributed by atoms with van der Waals surface area (Å²) in [6.45, 7) is 0. The smallest absolute Gasteiger partial charge is 0.0705 e. The first kappa shape index (κ1) is 22.1. The third kappa shape index (κ3) is 3.11. The molecular weight excluding hydrogens is 502 g/mol. The molecule has 40 heavy (non-hydrogen) atoms. The van der Waals surface area contributed by atoms with Crippen LogP contribution in [0.4, 0.5) is 0 Å². The predicted molar refractivity (Wildman–Crippen MR) is 171 cm³/mol. The van der Waals surface area contributed by atoms with Gasteiger partial charge >= 0.3 is 0 Å². The van der Waals surface area contributed by atoms with E-state index in [0.29, 0.717) is 0 Å². The van der Waals surface area contributed by atoms with Crippen molar-refractivity contribution < 1.29 is 0 Å². The summed E-state index contributed by atoms with van der Waals surface area (Å²) >= 11 is 1.86. The van der Waals surface area contributed by atoms with Gasteiger partial charge in [0, 0.05) is 37.5 Å². The lowest BCUT2D eigenvalue weighted by Crippen LogP contribution is -1.91. The zero-order valence-corrected chi connectivity index (χ0v) is 22.5. The third-order valence-corrected chi connectivity index (χ3v) is 9.74. The maximum absolute atomic E-state index is 5.02. The summed E-state index contributed by atoms with van der Waals surface area (Å²) in [6.07, 6.45) is 2.97. The van der Waals surface area contributed by atoms with Gasteiger partial charge in [-0.3, -0.25) is 4.98 Å². The van der Waals surface area contributed by atoms with Crippen LogP contribution in [0.25, 0.3) is 75.2 Å². The lowest BCUT2D eigenvalue weighted by molar-refractivity contribution is 1.25. The normalized spacial score (nSPS) is 12.4. The number of hydrogen-bond acceptors (Lipinski definition) is 2. The summed E-state index contributed by atoms with van der Waals surface area (Å²) in [5.74, 6) is 0. The molecular formula is C38H23NS.